The van der Waals surface area contributed by atoms with Gasteiger partial charge in [0.1, 0.15) is 0 Å². The lowest BCUT2D eigenvalue weighted by molar-refractivity contribution is 0.133. The van der Waals surface area contributed by atoms with Crippen molar-refractivity contribution < 1.29 is 13.6 Å². The van der Waals surface area contributed by atoms with Crippen LogP contribution in [0.2, 0.25) is 0 Å². The van der Waals surface area contributed by atoms with Crippen LogP contribution in [-0.4, -0.2) is 62.2 Å². The zero-order valence-electron chi connectivity index (χ0n) is 16.2. The molecule has 0 atom stereocenters. The highest BCUT2D eigenvalue weighted by atomic mass is 19.2. The molecule has 0 unspecified atom stereocenters. The van der Waals surface area contributed by atoms with Gasteiger partial charge in [-0.25, -0.2) is 13.6 Å². The maximum Gasteiger partial charge on any atom is 0.317 e. The summed E-state index contributed by atoms with van der Waals surface area (Å²) in [6, 6.07) is 13.2. The molecule has 2 heterocycles. The van der Waals surface area contributed by atoms with Gasteiger partial charge in [0.15, 0.2) is 17.5 Å². The second-order valence-electron chi connectivity index (χ2n) is 7.01. The van der Waals surface area contributed by atoms with Gasteiger partial charge < -0.3 is 10.2 Å². The van der Waals surface area contributed by atoms with Crippen molar-refractivity contribution in [2.45, 2.75) is 13.1 Å². The highest BCUT2D eigenvalue weighted by Crippen LogP contribution is 2.15. The topological polar surface area (TPSA) is 79.2 Å². The fraction of sp³-hybridized carbons (Fsp3) is 0.300. The third kappa shape index (κ3) is 4.60. The molecular weight excluding hydrogens is 392 g/mol. The van der Waals surface area contributed by atoms with Gasteiger partial charge in [-0.2, -0.15) is 4.68 Å². The summed E-state index contributed by atoms with van der Waals surface area (Å²) in [4.78, 5) is 16.3. The number of urea groups is 1. The van der Waals surface area contributed by atoms with Crippen LogP contribution in [0.1, 0.15) is 11.4 Å². The Hall–Kier alpha value is -3.40. The van der Waals surface area contributed by atoms with E-state index in [-0.39, 0.29) is 6.03 Å². The Kier molecular flexibility index (Phi) is 5.94. The minimum absolute atomic E-state index is 0.0925. The third-order valence-electron chi connectivity index (χ3n) is 4.99. The Morgan fingerprint density at radius 2 is 1.77 bits per heavy atom. The van der Waals surface area contributed by atoms with Crippen molar-refractivity contribution >= 4 is 6.03 Å². The van der Waals surface area contributed by atoms with Gasteiger partial charge in [-0.05, 0) is 28.1 Å². The Morgan fingerprint density at radius 1 is 1.00 bits per heavy atom. The Labute approximate surface area is 172 Å². The number of amides is 2. The third-order valence-corrected chi connectivity index (χ3v) is 4.99. The molecule has 156 valence electrons. The SMILES string of the molecule is O=C(NCc1ccccc1)N1CCN(Cc2nnnn2-c2ccc(F)c(F)c2)CC1. The molecule has 10 heteroatoms. The summed E-state index contributed by atoms with van der Waals surface area (Å²) in [5.74, 6) is -1.36. The summed E-state index contributed by atoms with van der Waals surface area (Å²) < 4.78 is 28.1. The van der Waals surface area contributed by atoms with Crippen LogP contribution in [0.5, 0.6) is 0 Å². The quantitative estimate of drug-likeness (QED) is 0.692. The number of carbonyl (C=O) groups is 1. The predicted molar refractivity (Wildman–Crippen MR) is 105 cm³/mol. The number of nitrogens with zero attached hydrogens (tertiary/aromatic N) is 6. The normalized spacial score (nSPS) is 14.7. The first-order chi connectivity index (χ1) is 14.6. The van der Waals surface area contributed by atoms with Crippen molar-refractivity contribution in [3.05, 3.63) is 71.6 Å². The first-order valence-electron chi connectivity index (χ1n) is 9.62. The highest BCUT2D eigenvalue weighted by molar-refractivity contribution is 5.74. The molecule has 1 N–H and O–H groups in total. The number of carbonyl (C=O) groups excluding carboxylic acids is 1. The van der Waals surface area contributed by atoms with Crippen LogP contribution < -0.4 is 5.32 Å². The summed E-state index contributed by atoms with van der Waals surface area (Å²) in [6.45, 7) is 3.39. The van der Waals surface area contributed by atoms with Crippen molar-refractivity contribution in [1.82, 2.24) is 35.3 Å². The number of halogens is 2. The molecule has 1 aliphatic rings. The van der Waals surface area contributed by atoms with E-state index < -0.39 is 11.6 Å². The summed E-state index contributed by atoms with van der Waals surface area (Å²) in [5, 5.41) is 14.5. The number of rotatable bonds is 5. The molecule has 1 saturated heterocycles. The van der Waals surface area contributed by atoms with E-state index in [0.29, 0.717) is 50.8 Å². The predicted octanol–water partition coefficient (Wildman–Crippen LogP) is 1.97. The minimum Gasteiger partial charge on any atom is -0.334 e. The van der Waals surface area contributed by atoms with Gasteiger partial charge in [-0.1, -0.05) is 30.3 Å². The molecule has 0 saturated carbocycles. The molecule has 1 fully saturated rings. The van der Waals surface area contributed by atoms with Gasteiger partial charge >= 0.3 is 6.03 Å². The molecule has 8 nitrogen and oxygen atoms in total. The fourth-order valence-corrected chi connectivity index (χ4v) is 3.32. The number of tetrazole rings is 1. The van der Waals surface area contributed by atoms with Crippen LogP contribution in [0.25, 0.3) is 5.69 Å². The lowest BCUT2D eigenvalue weighted by Crippen LogP contribution is -2.51. The average molecular weight is 413 g/mol. The van der Waals surface area contributed by atoms with E-state index in [1.807, 2.05) is 30.3 Å². The van der Waals surface area contributed by atoms with E-state index in [1.165, 1.54) is 10.7 Å². The standard InChI is InChI=1S/C20H21F2N7O/c21-17-7-6-16(12-18(17)22)29-19(24-25-26-29)14-27-8-10-28(11-9-27)20(30)23-13-15-4-2-1-3-5-15/h1-7,12H,8-11,13-14H2,(H,23,30). The Morgan fingerprint density at radius 3 is 2.50 bits per heavy atom. The number of nitrogens with one attached hydrogen (secondary N) is 1. The minimum atomic E-state index is -0.955. The Balaban J connectivity index is 1.31. The molecule has 0 radical (unpaired) electrons. The van der Waals surface area contributed by atoms with Crippen molar-refractivity contribution in [3.63, 3.8) is 0 Å². The van der Waals surface area contributed by atoms with Crippen LogP contribution in [0.3, 0.4) is 0 Å². The highest BCUT2D eigenvalue weighted by Gasteiger charge is 2.23. The second-order valence-corrected chi connectivity index (χ2v) is 7.01. The van der Waals surface area contributed by atoms with Crippen LogP contribution in [0, 0.1) is 11.6 Å². The lowest BCUT2D eigenvalue weighted by Gasteiger charge is -2.34. The van der Waals surface area contributed by atoms with Crippen molar-refractivity contribution in [2.24, 2.45) is 0 Å². The van der Waals surface area contributed by atoms with Gasteiger partial charge in [0.05, 0.1) is 12.2 Å². The summed E-state index contributed by atoms with van der Waals surface area (Å²) >= 11 is 0. The van der Waals surface area contributed by atoms with Gasteiger partial charge in [-0.15, -0.1) is 5.10 Å². The summed E-state index contributed by atoms with van der Waals surface area (Å²) in [6.07, 6.45) is 0. The van der Waals surface area contributed by atoms with Crippen molar-refractivity contribution in [3.8, 4) is 5.69 Å². The molecule has 2 aromatic carbocycles. The van der Waals surface area contributed by atoms with E-state index >= 15 is 0 Å². The number of aromatic nitrogens is 4. The van der Waals surface area contributed by atoms with Crippen LogP contribution in [0.15, 0.2) is 48.5 Å². The maximum absolute atomic E-state index is 13.5. The molecule has 2 amide bonds. The monoisotopic (exact) mass is 413 g/mol. The Bertz CT molecular complexity index is 1000. The van der Waals surface area contributed by atoms with E-state index in [0.717, 1.165) is 17.7 Å². The van der Waals surface area contributed by atoms with Gasteiger partial charge in [0, 0.05) is 38.8 Å². The molecule has 1 aromatic heterocycles. The zero-order chi connectivity index (χ0) is 20.9. The zero-order valence-corrected chi connectivity index (χ0v) is 16.2. The number of hydrogen-bond acceptors (Lipinski definition) is 5. The van der Waals surface area contributed by atoms with Crippen LogP contribution in [-0.2, 0) is 13.1 Å². The van der Waals surface area contributed by atoms with Crippen LogP contribution in [0.4, 0.5) is 13.6 Å². The molecular formula is C20H21F2N7O. The lowest BCUT2D eigenvalue weighted by atomic mass is 10.2. The number of benzene rings is 2. The molecule has 30 heavy (non-hydrogen) atoms. The number of piperazine rings is 1. The van der Waals surface area contributed by atoms with Crippen molar-refractivity contribution in [2.75, 3.05) is 26.2 Å². The molecule has 0 spiro atoms. The van der Waals surface area contributed by atoms with Gasteiger partial charge in [0.25, 0.3) is 0 Å². The largest absolute Gasteiger partial charge is 0.334 e. The fourth-order valence-electron chi connectivity index (χ4n) is 3.32. The first-order valence-corrected chi connectivity index (χ1v) is 9.62. The summed E-state index contributed by atoms with van der Waals surface area (Å²) in [5.41, 5.74) is 1.40. The maximum atomic E-state index is 13.5. The molecule has 3 aromatic rings. The first kappa shape index (κ1) is 19.9. The van der Waals surface area contributed by atoms with E-state index in [9.17, 15) is 13.6 Å². The van der Waals surface area contributed by atoms with E-state index in [2.05, 4.69) is 25.7 Å². The molecule has 0 bridgehead atoms. The van der Waals surface area contributed by atoms with Crippen LogP contribution >= 0.6 is 0 Å². The summed E-state index contributed by atoms with van der Waals surface area (Å²) in [7, 11) is 0. The smallest absolute Gasteiger partial charge is 0.317 e. The number of hydrogen-bond donors (Lipinski definition) is 1. The van der Waals surface area contributed by atoms with Gasteiger partial charge in [0.2, 0.25) is 0 Å². The molecule has 0 aliphatic carbocycles. The second kappa shape index (κ2) is 8.95. The average Bonchev–Trinajstić information content (AvgIpc) is 3.23. The van der Waals surface area contributed by atoms with Crippen molar-refractivity contribution in [1.29, 1.82) is 0 Å². The molecule has 1 aliphatic heterocycles. The van der Waals surface area contributed by atoms with E-state index in [4.69, 9.17) is 0 Å². The van der Waals surface area contributed by atoms with Gasteiger partial charge in [-0.3, -0.25) is 4.90 Å². The molecule has 4 rings (SSSR count). The van der Waals surface area contributed by atoms with E-state index in [1.54, 1.807) is 4.90 Å².